The molecule has 7 heteroatoms. The summed E-state index contributed by atoms with van der Waals surface area (Å²) < 4.78 is 30.8. The van der Waals surface area contributed by atoms with E-state index in [1.807, 2.05) is 26.0 Å². The van der Waals surface area contributed by atoms with Crippen LogP contribution in [0.4, 0.5) is 17.1 Å². The smallest absolute Gasteiger partial charge is 0.294 e. The van der Waals surface area contributed by atoms with Crippen molar-refractivity contribution in [3.05, 3.63) is 47.5 Å². The Balaban J connectivity index is 2.27. The van der Waals surface area contributed by atoms with Gasteiger partial charge in [-0.25, -0.2) is 0 Å². The molecule has 6 nitrogen and oxygen atoms in total. The van der Waals surface area contributed by atoms with Crippen LogP contribution in [-0.4, -0.2) is 13.0 Å². The van der Waals surface area contributed by atoms with Gasteiger partial charge in [0, 0.05) is 5.69 Å². The lowest BCUT2D eigenvalue weighted by Gasteiger charge is -2.07. The fraction of sp³-hybridized carbons (Fsp3) is 0.200. The minimum Gasteiger partial charge on any atom is -0.398 e. The van der Waals surface area contributed by atoms with E-state index in [0.717, 1.165) is 23.2 Å². The zero-order valence-corrected chi connectivity index (χ0v) is 13.1. The van der Waals surface area contributed by atoms with Gasteiger partial charge in [0.15, 0.2) is 0 Å². The van der Waals surface area contributed by atoms with E-state index in [4.69, 9.17) is 10.3 Å². The van der Waals surface area contributed by atoms with Crippen LogP contribution < -0.4 is 5.73 Å². The molecule has 0 atom stereocenters. The molecule has 0 aliphatic rings. The van der Waals surface area contributed by atoms with Gasteiger partial charge in [-0.15, -0.1) is 0 Å². The molecule has 0 radical (unpaired) electrons. The molecule has 0 amide bonds. The second-order valence-electron chi connectivity index (χ2n) is 4.86. The van der Waals surface area contributed by atoms with Gasteiger partial charge in [-0.3, -0.25) is 4.55 Å². The quantitative estimate of drug-likeness (QED) is 0.508. The highest BCUT2D eigenvalue weighted by atomic mass is 32.2. The molecule has 22 heavy (non-hydrogen) atoms. The molecule has 0 aliphatic carbocycles. The normalized spacial score (nSPS) is 12.0. The second kappa shape index (κ2) is 6.25. The molecule has 0 saturated heterocycles. The maximum absolute atomic E-state index is 11.0. The number of nitrogen functional groups attached to an aromatic ring is 1. The van der Waals surface area contributed by atoms with Gasteiger partial charge in [0.25, 0.3) is 10.1 Å². The lowest BCUT2D eigenvalue weighted by atomic mass is 10.1. The first-order valence-corrected chi connectivity index (χ1v) is 8.13. The van der Waals surface area contributed by atoms with E-state index in [1.54, 1.807) is 0 Å². The van der Waals surface area contributed by atoms with Gasteiger partial charge in [0.05, 0.1) is 16.3 Å². The molecule has 2 rings (SSSR count). The Morgan fingerprint density at radius 2 is 1.68 bits per heavy atom. The molecule has 0 fully saturated rings. The number of aryl methyl sites for hydroxylation is 2. The van der Waals surface area contributed by atoms with Gasteiger partial charge in [0.1, 0.15) is 0 Å². The Hall–Kier alpha value is -2.25. The second-order valence-corrected chi connectivity index (χ2v) is 6.28. The van der Waals surface area contributed by atoms with Crippen LogP contribution in [0.15, 0.2) is 51.5 Å². The SMILES string of the molecule is CCc1cc(N=Nc2ccc(S(=O)(=O)O)cc2)cc(C)c1N. The number of azo groups is 1. The molecule has 2 aromatic carbocycles. The van der Waals surface area contributed by atoms with Crippen molar-refractivity contribution >= 4 is 27.2 Å². The molecule has 0 spiro atoms. The van der Waals surface area contributed by atoms with Crippen LogP contribution in [-0.2, 0) is 16.5 Å². The number of nitrogens with zero attached hydrogens (tertiary/aromatic N) is 2. The molecule has 2 aromatic rings. The summed E-state index contributed by atoms with van der Waals surface area (Å²) >= 11 is 0. The van der Waals surface area contributed by atoms with Gasteiger partial charge < -0.3 is 5.73 Å². The largest absolute Gasteiger partial charge is 0.398 e. The molecule has 116 valence electrons. The van der Waals surface area contributed by atoms with Gasteiger partial charge in [0.2, 0.25) is 0 Å². The van der Waals surface area contributed by atoms with E-state index in [1.165, 1.54) is 24.3 Å². The summed E-state index contributed by atoms with van der Waals surface area (Å²) in [7, 11) is -4.19. The van der Waals surface area contributed by atoms with E-state index in [9.17, 15) is 8.42 Å². The first kappa shape index (κ1) is 16.1. The van der Waals surface area contributed by atoms with Crippen LogP contribution in [0.1, 0.15) is 18.1 Å². The summed E-state index contributed by atoms with van der Waals surface area (Å²) in [5, 5.41) is 8.19. The van der Waals surface area contributed by atoms with Crippen LogP contribution in [0.25, 0.3) is 0 Å². The molecule has 0 aliphatic heterocycles. The van der Waals surface area contributed by atoms with Crippen LogP contribution in [0, 0.1) is 6.92 Å². The Bertz CT molecular complexity index is 813. The fourth-order valence-electron chi connectivity index (χ4n) is 2.00. The highest BCUT2D eigenvalue weighted by molar-refractivity contribution is 7.85. The minimum absolute atomic E-state index is 0.178. The number of hydrogen-bond acceptors (Lipinski definition) is 5. The molecule has 0 heterocycles. The van der Waals surface area contributed by atoms with Crippen molar-refractivity contribution < 1.29 is 13.0 Å². The summed E-state index contributed by atoms with van der Waals surface area (Å²) in [4.78, 5) is -0.178. The van der Waals surface area contributed by atoms with Gasteiger partial charge in [-0.1, -0.05) is 6.92 Å². The molecule has 0 saturated carbocycles. The Labute approximate surface area is 129 Å². The third kappa shape index (κ3) is 3.69. The van der Waals surface area contributed by atoms with E-state index < -0.39 is 10.1 Å². The summed E-state index contributed by atoms with van der Waals surface area (Å²) in [6, 6.07) is 9.20. The summed E-state index contributed by atoms with van der Waals surface area (Å²) in [5.74, 6) is 0. The summed E-state index contributed by atoms with van der Waals surface area (Å²) in [6.45, 7) is 3.93. The molecular formula is C15H17N3O3S. The number of nitrogens with two attached hydrogens (primary N) is 1. The van der Waals surface area contributed by atoms with Crippen LogP contribution in [0.3, 0.4) is 0 Å². The Morgan fingerprint density at radius 1 is 1.09 bits per heavy atom. The van der Waals surface area contributed by atoms with E-state index in [0.29, 0.717) is 11.4 Å². The van der Waals surface area contributed by atoms with Crippen LogP contribution >= 0.6 is 0 Å². The average molecular weight is 319 g/mol. The minimum atomic E-state index is -4.19. The standard InChI is InChI=1S/C15H17N3O3S/c1-3-11-9-13(8-10(2)15(11)16)18-17-12-4-6-14(7-5-12)22(19,20)21/h4-9H,3,16H2,1-2H3,(H,19,20,21). The van der Waals surface area contributed by atoms with Crippen LogP contribution in [0.5, 0.6) is 0 Å². The Kier molecular flexibility index (Phi) is 4.58. The highest BCUT2D eigenvalue weighted by Gasteiger charge is 2.08. The van der Waals surface area contributed by atoms with E-state index in [2.05, 4.69) is 10.2 Å². The summed E-state index contributed by atoms with van der Waals surface area (Å²) in [5.41, 5.74) is 9.86. The maximum Gasteiger partial charge on any atom is 0.294 e. The van der Waals surface area contributed by atoms with E-state index in [-0.39, 0.29) is 4.90 Å². The molecule has 0 unspecified atom stereocenters. The highest BCUT2D eigenvalue weighted by Crippen LogP contribution is 2.27. The van der Waals surface area contributed by atoms with Crippen molar-refractivity contribution in [2.24, 2.45) is 10.2 Å². The van der Waals surface area contributed by atoms with Crippen molar-refractivity contribution in [2.75, 3.05) is 5.73 Å². The Morgan fingerprint density at radius 3 is 2.23 bits per heavy atom. The van der Waals surface area contributed by atoms with Crippen molar-refractivity contribution in [2.45, 2.75) is 25.2 Å². The fourth-order valence-corrected chi connectivity index (χ4v) is 2.48. The third-order valence-corrected chi connectivity index (χ3v) is 4.12. The molecular weight excluding hydrogens is 302 g/mol. The van der Waals surface area contributed by atoms with E-state index >= 15 is 0 Å². The first-order valence-electron chi connectivity index (χ1n) is 6.69. The summed E-state index contributed by atoms with van der Waals surface area (Å²) in [6.07, 6.45) is 0.805. The topological polar surface area (TPSA) is 105 Å². The zero-order chi connectivity index (χ0) is 16.3. The molecule has 0 bridgehead atoms. The lowest BCUT2D eigenvalue weighted by molar-refractivity contribution is 0.483. The van der Waals surface area contributed by atoms with Crippen molar-refractivity contribution in [1.29, 1.82) is 0 Å². The number of hydrogen-bond donors (Lipinski definition) is 2. The predicted molar refractivity (Wildman–Crippen MR) is 85.4 cm³/mol. The zero-order valence-electron chi connectivity index (χ0n) is 12.3. The van der Waals surface area contributed by atoms with Crippen molar-refractivity contribution in [3.63, 3.8) is 0 Å². The first-order chi connectivity index (χ1) is 10.3. The van der Waals surface area contributed by atoms with Gasteiger partial charge in [-0.05, 0) is 60.9 Å². The molecule has 0 aromatic heterocycles. The van der Waals surface area contributed by atoms with Crippen molar-refractivity contribution in [3.8, 4) is 0 Å². The maximum atomic E-state index is 11.0. The average Bonchev–Trinajstić information content (AvgIpc) is 2.48. The number of rotatable bonds is 4. The predicted octanol–water partition coefficient (Wildman–Crippen LogP) is 3.80. The van der Waals surface area contributed by atoms with Crippen LogP contribution in [0.2, 0.25) is 0 Å². The van der Waals surface area contributed by atoms with Gasteiger partial charge in [-0.2, -0.15) is 18.6 Å². The van der Waals surface area contributed by atoms with Crippen molar-refractivity contribution in [1.82, 2.24) is 0 Å². The monoisotopic (exact) mass is 319 g/mol. The number of anilines is 1. The van der Waals surface area contributed by atoms with Gasteiger partial charge >= 0.3 is 0 Å². The molecule has 3 N–H and O–H groups in total. The third-order valence-electron chi connectivity index (χ3n) is 3.25. The number of benzene rings is 2. The lowest BCUT2D eigenvalue weighted by Crippen LogP contribution is -1.96.